The van der Waals surface area contributed by atoms with Gasteiger partial charge >= 0.3 is 47.5 Å². The van der Waals surface area contributed by atoms with Gasteiger partial charge in [0.2, 0.25) is 56.8 Å². The first-order chi connectivity index (χ1) is 66.4. The summed E-state index contributed by atoms with van der Waals surface area (Å²) >= 11 is 1.37. The molecule has 139 heavy (non-hydrogen) atoms. The number of amides is 9. The molecule has 1 fully saturated rings. The Bertz CT molecular complexity index is 4610. The van der Waals surface area contributed by atoms with Crippen molar-refractivity contribution in [2.24, 2.45) is 7.05 Å². The smallest absolute Gasteiger partial charge is 0.756 e. The molecule has 4 aromatic rings. The van der Waals surface area contributed by atoms with Crippen LogP contribution in [0.15, 0.2) is 58.6 Å². The van der Waals surface area contributed by atoms with E-state index in [4.69, 9.17) is 38.5 Å². The summed E-state index contributed by atoms with van der Waals surface area (Å²) in [5.41, 5.74) is 4.86. The Morgan fingerprint density at radius 2 is 1.18 bits per heavy atom. The fraction of sp³-hybridized carbons (Fsp3) is 0.667. The maximum atomic E-state index is 13.8. The van der Waals surface area contributed by atoms with Gasteiger partial charge in [0.25, 0.3) is 19.6 Å². The number of hydrogen-bond acceptors (Lipinski definition) is 34. The third-order valence-electron chi connectivity index (χ3n) is 22.0. The first-order valence-electron chi connectivity index (χ1n) is 47.4. The molecule has 6 atom stereocenters. The van der Waals surface area contributed by atoms with Crippen molar-refractivity contribution in [3.8, 4) is 5.75 Å². The van der Waals surface area contributed by atoms with Crippen LogP contribution in [-0.2, 0) is 123 Å². The number of aryl methyl sites for hydroxylation is 3. The van der Waals surface area contributed by atoms with Crippen LogP contribution in [0.25, 0.3) is 10.9 Å². The Kier molecular flexibility index (Phi) is 64.2. The standard InChI is InChI=1S/C90H142N13O30PS4.Na/c1-6-8-10-12-14-16-18-20-22-24-26-28-30-32-34-38-81(109)126-58-68(129-82(110)39-35-33-31-29-27-25-23-21-19-17-15-13-11-9-7-2)59-128-134(120,121)127-50-46-92-78(106)60-124-49-45-91-76(104)42-47-103-80(108)54-75(88(103)115)135-63-79(107)97-72(61-136-132-130-118)86(113)98-73(62-137-133-131-119)87(114)100-99-77(105)37-36-48-125-67-51-64(3)84(65(4)52-67)138(122,123)101-71(89(116)117)56-95-85(112)70-57-102(5)74-53-66(40-41-69(74)83(70)111)55-96-90-93-43-44-94-90;/h40-41,43-44,51-53,57,68,71-73,75,101,118-119H,6-39,42,45-50,54-56,58-63H2,1-5H3,(H,91,104)(H,92,106)(H,95,112)(H,97,107)(H,98,113)(H,99,105)(H,100,114)(H,116,117)(H,120,121)(H2,93,94,96);/q;+1/p-1/t68-,71+,72+,73+,75?;/m1./s1. The van der Waals surface area contributed by atoms with E-state index in [1.807, 2.05) is 0 Å². The van der Waals surface area contributed by atoms with Crippen molar-refractivity contribution < 1.29 is 167 Å². The van der Waals surface area contributed by atoms with Gasteiger partial charge in [-0.2, -0.15) is 4.72 Å². The normalized spacial score (nSPS) is 13.8. The van der Waals surface area contributed by atoms with Gasteiger partial charge in [-0.05, 0) is 74.1 Å². The summed E-state index contributed by atoms with van der Waals surface area (Å²) in [4.78, 5) is 191. The Balaban J connectivity index is 0.0000403. The van der Waals surface area contributed by atoms with Crippen molar-refractivity contribution in [2.45, 2.75) is 300 Å². The number of carbonyl (C=O) groups excluding carboxylic acids is 11. The molecular formula is C90H141N13NaO30PS4. The topological polar surface area (TPSA) is 594 Å². The molecule has 49 heteroatoms. The van der Waals surface area contributed by atoms with Gasteiger partial charge in [0.15, 0.2) is 12.1 Å². The number of imide groups is 1. The number of esters is 2. The SMILES string of the molecule is CCCCCCCCCCCCCCCCCC(=O)OC[C@H](COP(=O)([O-])OCCNC(=O)COCCNC(=O)CCN1C(=O)CC(SCC(=O)N[C@@H](CSOOO)C(=O)N[C@@H](CSOOO)C(=O)NNC(=O)CCCOc2cc(C)c(S(=O)(=O)N[C@@H](CNC(=O)c3cn(C)c4cc(CNc5ncc[nH]5)ccc4c3=O)C(=O)O)c(C)c2)C1=O)OC(=O)CCCCCCCCCCCCCCCCC.[Na+]. The first-order valence-corrected chi connectivity index (χ1v) is 53.2. The van der Waals surface area contributed by atoms with E-state index < -0.39 is 174 Å². The molecule has 0 bridgehead atoms. The van der Waals surface area contributed by atoms with Crippen LogP contribution in [-0.4, -0.2) is 227 Å². The second-order valence-corrected chi connectivity index (χ2v) is 39.1. The van der Waals surface area contributed by atoms with E-state index in [0.717, 1.165) is 73.6 Å². The van der Waals surface area contributed by atoms with E-state index in [-0.39, 0.29) is 134 Å². The van der Waals surface area contributed by atoms with Gasteiger partial charge in [0, 0.05) is 120 Å². The fourth-order valence-electron chi connectivity index (χ4n) is 14.7. The number of carbonyl (C=O) groups is 12. The molecule has 1 saturated heterocycles. The number of rotatable bonds is 80. The van der Waals surface area contributed by atoms with Crippen molar-refractivity contribution in [2.75, 3.05) is 88.4 Å². The quantitative estimate of drug-likeness (QED) is 0.00308. The van der Waals surface area contributed by atoms with E-state index in [1.165, 1.54) is 161 Å². The predicted molar refractivity (Wildman–Crippen MR) is 513 cm³/mol. The van der Waals surface area contributed by atoms with Crippen molar-refractivity contribution >= 4 is 142 Å². The van der Waals surface area contributed by atoms with Crippen LogP contribution in [0.1, 0.15) is 272 Å². The number of imidazole rings is 1. The molecule has 1 aliphatic rings. The number of pyridine rings is 1. The number of sulfonamides is 1. The van der Waals surface area contributed by atoms with Crippen LogP contribution in [0.4, 0.5) is 5.95 Å². The van der Waals surface area contributed by atoms with E-state index in [1.54, 1.807) is 42.2 Å². The van der Waals surface area contributed by atoms with E-state index in [2.05, 4.69) is 90.0 Å². The van der Waals surface area contributed by atoms with Gasteiger partial charge in [-0.1, -0.05) is 210 Å². The number of phosphoric ester groups is 1. The monoisotopic (exact) mass is 2070 g/mol. The number of carboxylic acids is 1. The molecule has 2 unspecified atom stereocenters. The molecule has 1 aliphatic heterocycles. The van der Waals surface area contributed by atoms with E-state index >= 15 is 0 Å². The van der Waals surface area contributed by atoms with Gasteiger partial charge < -0.3 is 79.4 Å². The van der Waals surface area contributed by atoms with Crippen LogP contribution >= 0.6 is 43.7 Å². The van der Waals surface area contributed by atoms with Crippen LogP contribution in [0.3, 0.4) is 0 Å². The molecule has 2 aromatic carbocycles. The zero-order valence-corrected chi connectivity index (χ0v) is 86.8. The summed E-state index contributed by atoms with van der Waals surface area (Å²) < 4.78 is 85.0. The number of aromatic nitrogens is 3. The van der Waals surface area contributed by atoms with Gasteiger partial charge in [-0.15, -0.1) is 20.4 Å². The molecule has 13 N–H and O–H groups in total. The number of benzene rings is 2. The summed E-state index contributed by atoms with van der Waals surface area (Å²) in [5, 5.41) is 49.0. The van der Waals surface area contributed by atoms with Crippen LogP contribution < -0.4 is 92.1 Å². The zero-order valence-electron chi connectivity index (χ0n) is 80.6. The molecule has 0 spiro atoms. The molecule has 2 aromatic heterocycles. The minimum atomic E-state index is -5.04. The number of hydrogen-bond donors (Lipinski definition) is 13. The number of nitrogens with one attached hydrogen (secondary N) is 10. The number of aliphatic carboxylic acids is 1. The van der Waals surface area contributed by atoms with E-state index in [9.17, 15) is 85.3 Å². The van der Waals surface area contributed by atoms with Crippen LogP contribution in [0.2, 0.25) is 0 Å². The third kappa shape index (κ3) is 52.3. The fourth-order valence-corrected chi connectivity index (χ4v) is 19.0. The molecule has 0 saturated carbocycles. The molecule has 776 valence electrons. The molecule has 0 radical (unpaired) electrons. The molecular weight excluding hydrogens is 1930 g/mol. The maximum Gasteiger partial charge on any atom is 1.00 e. The first kappa shape index (κ1) is 123. The molecule has 43 nitrogen and oxygen atoms in total. The number of aromatic amines is 1. The third-order valence-corrected chi connectivity index (χ3v) is 27.2. The van der Waals surface area contributed by atoms with E-state index in [0.29, 0.717) is 54.9 Å². The van der Waals surface area contributed by atoms with Crippen molar-refractivity contribution in [1.29, 1.82) is 0 Å². The second kappa shape index (κ2) is 72.4. The summed E-state index contributed by atoms with van der Waals surface area (Å²) in [6, 6.07) is 2.57. The summed E-state index contributed by atoms with van der Waals surface area (Å²) in [5.74, 6) is -11.0. The van der Waals surface area contributed by atoms with Crippen LogP contribution in [0.5, 0.6) is 5.75 Å². The predicted octanol–water partition coefficient (Wildman–Crippen LogP) is 7.05. The van der Waals surface area contributed by atoms with Gasteiger partial charge in [0.1, 0.15) is 42.7 Å². The summed E-state index contributed by atoms with van der Waals surface area (Å²) in [6.45, 7) is 3.65. The van der Waals surface area contributed by atoms with Crippen molar-refractivity contribution in [1.82, 2.24) is 61.6 Å². The number of phosphoric acid groups is 1. The Hall–Kier alpha value is -7.91. The number of hydrazine groups is 1. The minimum Gasteiger partial charge on any atom is -0.756 e. The number of fused-ring (bicyclic) bond motifs is 1. The molecule has 0 aliphatic carbocycles. The number of thioether (sulfide) groups is 1. The largest absolute Gasteiger partial charge is 1.00 e. The number of unbranched alkanes of at least 4 members (excludes halogenated alkanes) is 28. The number of ether oxygens (including phenoxy) is 4. The van der Waals surface area contributed by atoms with Crippen LogP contribution in [0, 0.1) is 13.8 Å². The second-order valence-electron chi connectivity index (χ2n) is 33.4. The molecule has 3 heterocycles. The average molecular weight is 2070 g/mol. The average Bonchev–Trinajstić information content (AvgIpc) is 0.908. The summed E-state index contributed by atoms with van der Waals surface area (Å²) in [6.07, 6.45) is 37.4. The summed E-state index contributed by atoms with van der Waals surface area (Å²) in [7, 11) is -8.04. The molecule has 5 rings (SSSR count). The Labute approximate surface area is 847 Å². The Morgan fingerprint density at radius 3 is 1.74 bits per heavy atom. The van der Waals surface area contributed by atoms with Crippen molar-refractivity contribution in [3.63, 3.8) is 0 Å². The minimum absolute atomic E-state index is 0. The Morgan fingerprint density at radius 1 is 0.626 bits per heavy atom. The zero-order chi connectivity index (χ0) is 101. The number of likely N-dealkylation sites (tertiary alicyclic amines) is 1. The number of nitrogens with zero attached hydrogens (tertiary/aromatic N) is 3. The van der Waals surface area contributed by atoms with Crippen molar-refractivity contribution in [3.05, 3.63) is 81.4 Å². The van der Waals surface area contributed by atoms with Gasteiger partial charge in [-0.3, -0.25) is 82.6 Å². The van der Waals surface area contributed by atoms with Gasteiger partial charge in [-0.25, -0.2) is 23.9 Å². The number of anilines is 1. The number of H-pyrrole nitrogens is 1. The molecule has 9 amide bonds. The number of carboxylic acid groups (broad SMARTS) is 1. The maximum absolute atomic E-state index is 13.8. The van der Waals surface area contributed by atoms with Gasteiger partial charge in [0.05, 0.1) is 59.3 Å².